The lowest BCUT2D eigenvalue weighted by Crippen LogP contribution is -2.20. The summed E-state index contributed by atoms with van der Waals surface area (Å²) in [7, 11) is 0. The minimum absolute atomic E-state index is 0.153. The van der Waals surface area contributed by atoms with Crippen molar-refractivity contribution in [2.24, 2.45) is 5.18 Å². The highest BCUT2D eigenvalue weighted by Crippen LogP contribution is 2.23. The van der Waals surface area contributed by atoms with Crippen molar-refractivity contribution in [1.29, 1.82) is 0 Å². The summed E-state index contributed by atoms with van der Waals surface area (Å²) in [5.74, 6) is -0.153. The molecule has 0 saturated heterocycles. The number of aldehydes is 1. The summed E-state index contributed by atoms with van der Waals surface area (Å²) < 4.78 is 37.1. The van der Waals surface area contributed by atoms with Gasteiger partial charge < -0.3 is 9.36 Å². The summed E-state index contributed by atoms with van der Waals surface area (Å²) >= 11 is 0. The maximum Gasteiger partial charge on any atom is 0.406 e. The predicted molar refractivity (Wildman–Crippen MR) is 47.5 cm³/mol. The Morgan fingerprint density at radius 3 is 2.75 bits per heavy atom. The molecule has 0 aliphatic carbocycles. The molecule has 16 heavy (non-hydrogen) atoms. The molecule has 0 bridgehead atoms. The third-order valence-corrected chi connectivity index (χ3v) is 1.84. The molecule has 0 spiro atoms. The van der Waals surface area contributed by atoms with Crippen LogP contribution < -0.4 is 0 Å². The quantitative estimate of drug-likeness (QED) is 0.577. The van der Waals surface area contributed by atoms with E-state index in [0.29, 0.717) is 6.29 Å². The zero-order chi connectivity index (χ0) is 12.2. The van der Waals surface area contributed by atoms with Gasteiger partial charge in [0, 0.05) is 18.8 Å². The van der Waals surface area contributed by atoms with Gasteiger partial charge in [-0.3, -0.25) is 0 Å². The van der Waals surface area contributed by atoms with Gasteiger partial charge in [-0.25, -0.2) is 4.98 Å². The molecule has 1 atom stereocenters. The van der Waals surface area contributed by atoms with E-state index in [-0.39, 0.29) is 12.2 Å². The van der Waals surface area contributed by atoms with Gasteiger partial charge >= 0.3 is 6.18 Å². The van der Waals surface area contributed by atoms with E-state index in [1.54, 1.807) is 0 Å². The molecule has 1 rings (SSSR count). The molecule has 0 radical (unpaired) electrons. The van der Waals surface area contributed by atoms with Crippen molar-refractivity contribution in [3.63, 3.8) is 0 Å². The van der Waals surface area contributed by atoms with E-state index in [4.69, 9.17) is 0 Å². The number of rotatable bonds is 5. The van der Waals surface area contributed by atoms with Gasteiger partial charge in [0.2, 0.25) is 0 Å². The van der Waals surface area contributed by atoms with Gasteiger partial charge in [0.05, 0.1) is 0 Å². The lowest BCUT2D eigenvalue weighted by Gasteiger charge is -2.12. The van der Waals surface area contributed by atoms with Crippen molar-refractivity contribution in [1.82, 2.24) is 9.55 Å². The van der Waals surface area contributed by atoms with Crippen LogP contribution in [0.4, 0.5) is 13.2 Å². The minimum atomic E-state index is -4.41. The second-order valence-corrected chi connectivity index (χ2v) is 3.05. The van der Waals surface area contributed by atoms with Crippen molar-refractivity contribution in [3.8, 4) is 0 Å². The van der Waals surface area contributed by atoms with Crippen LogP contribution in [-0.2, 0) is 11.3 Å². The number of carbonyl (C=O) groups excluding carboxylic acids is 1. The molecular formula is C8H8F3N3O2. The third kappa shape index (κ3) is 3.14. The Morgan fingerprint density at radius 1 is 1.56 bits per heavy atom. The first-order chi connectivity index (χ1) is 7.48. The normalized spacial score (nSPS) is 13.4. The van der Waals surface area contributed by atoms with Crippen molar-refractivity contribution in [2.75, 3.05) is 0 Å². The molecule has 1 unspecified atom stereocenters. The molecule has 0 saturated carbocycles. The highest BCUT2D eigenvalue weighted by Gasteiger charge is 2.30. The molecule has 1 aromatic rings. The molecule has 8 heteroatoms. The van der Waals surface area contributed by atoms with Crippen LogP contribution in [0.1, 0.15) is 18.3 Å². The van der Waals surface area contributed by atoms with Gasteiger partial charge in [0.25, 0.3) is 0 Å². The Kier molecular flexibility index (Phi) is 3.75. The zero-order valence-electron chi connectivity index (χ0n) is 8.02. The number of aromatic nitrogens is 2. The molecule has 0 fully saturated rings. The molecule has 0 aromatic carbocycles. The smallest absolute Gasteiger partial charge is 0.324 e. The number of hydrogen-bond acceptors (Lipinski definition) is 4. The number of imidazole rings is 1. The number of alkyl halides is 3. The second kappa shape index (κ2) is 4.86. The lowest BCUT2D eigenvalue weighted by molar-refractivity contribution is -0.141. The Morgan fingerprint density at radius 2 is 2.25 bits per heavy atom. The van der Waals surface area contributed by atoms with Gasteiger partial charge in [0.15, 0.2) is 6.04 Å². The van der Waals surface area contributed by atoms with E-state index in [2.05, 4.69) is 10.2 Å². The van der Waals surface area contributed by atoms with Crippen LogP contribution in [0.5, 0.6) is 0 Å². The van der Waals surface area contributed by atoms with Crippen LogP contribution in [0.25, 0.3) is 0 Å². The first-order valence-electron chi connectivity index (χ1n) is 4.32. The number of carbonyl (C=O) groups is 1. The summed E-state index contributed by atoms with van der Waals surface area (Å²) in [6, 6.07) is -1.17. The third-order valence-electron chi connectivity index (χ3n) is 1.84. The molecule has 0 N–H and O–H groups in total. The van der Waals surface area contributed by atoms with Crippen LogP contribution >= 0.6 is 0 Å². The molecule has 0 amide bonds. The maximum atomic E-state index is 12.1. The lowest BCUT2D eigenvalue weighted by atomic mass is 10.2. The highest BCUT2D eigenvalue weighted by molar-refractivity contribution is 5.50. The van der Waals surface area contributed by atoms with E-state index >= 15 is 0 Å². The summed E-state index contributed by atoms with van der Waals surface area (Å²) in [4.78, 5) is 24.2. The fourth-order valence-corrected chi connectivity index (χ4v) is 1.23. The summed E-state index contributed by atoms with van der Waals surface area (Å²) in [5, 5.41) is 2.58. The minimum Gasteiger partial charge on any atom is -0.324 e. The zero-order valence-corrected chi connectivity index (χ0v) is 8.02. The predicted octanol–water partition coefficient (Wildman–Crippen LogP) is 1.84. The summed E-state index contributed by atoms with van der Waals surface area (Å²) in [5.41, 5.74) is 0. The van der Waals surface area contributed by atoms with Crippen LogP contribution in [0.15, 0.2) is 17.6 Å². The second-order valence-electron chi connectivity index (χ2n) is 3.05. The van der Waals surface area contributed by atoms with E-state index < -0.39 is 18.8 Å². The Balaban J connectivity index is 2.92. The number of nitrogens with zero attached hydrogens (tertiary/aromatic N) is 3. The molecule has 1 heterocycles. The number of halogens is 3. The fraction of sp³-hybridized carbons (Fsp3) is 0.500. The van der Waals surface area contributed by atoms with Crippen LogP contribution in [0.3, 0.4) is 0 Å². The van der Waals surface area contributed by atoms with E-state index in [0.717, 1.165) is 17.0 Å². The molecule has 88 valence electrons. The fourth-order valence-electron chi connectivity index (χ4n) is 1.23. The monoisotopic (exact) mass is 235 g/mol. The molecule has 5 nitrogen and oxygen atoms in total. The molecule has 1 aromatic heterocycles. The number of nitroso groups, excluding NO2 is 1. The van der Waals surface area contributed by atoms with Crippen molar-refractivity contribution in [2.45, 2.75) is 25.2 Å². The van der Waals surface area contributed by atoms with Crippen LogP contribution in [0, 0.1) is 4.91 Å². The standard InChI is InChI=1S/C8H8F3N3O2/c9-8(10,11)5-14-3-2-12-7(14)6(13-16)1-4-15/h2-4,6H,1,5H2. The summed E-state index contributed by atoms with van der Waals surface area (Å²) in [6.07, 6.45) is -2.06. The first kappa shape index (κ1) is 12.3. The van der Waals surface area contributed by atoms with Gasteiger partial charge in [-0.05, 0) is 0 Å². The average molecular weight is 235 g/mol. The Hall–Kier alpha value is -1.73. The van der Waals surface area contributed by atoms with E-state index in [1.165, 1.54) is 0 Å². The highest BCUT2D eigenvalue weighted by atomic mass is 19.4. The van der Waals surface area contributed by atoms with Crippen molar-refractivity contribution in [3.05, 3.63) is 23.1 Å². The first-order valence-corrected chi connectivity index (χ1v) is 4.32. The average Bonchev–Trinajstić information content (AvgIpc) is 2.59. The van der Waals surface area contributed by atoms with Crippen molar-refractivity contribution >= 4 is 6.29 Å². The van der Waals surface area contributed by atoms with Crippen molar-refractivity contribution < 1.29 is 18.0 Å². The molecule has 0 aliphatic rings. The number of hydrogen-bond donors (Lipinski definition) is 0. The van der Waals surface area contributed by atoms with Gasteiger partial charge in [0.1, 0.15) is 18.7 Å². The van der Waals surface area contributed by atoms with Gasteiger partial charge in [-0.15, -0.1) is 0 Å². The molecule has 0 aliphatic heterocycles. The van der Waals surface area contributed by atoms with Crippen LogP contribution in [-0.4, -0.2) is 22.0 Å². The largest absolute Gasteiger partial charge is 0.406 e. The van der Waals surface area contributed by atoms with E-state index in [1.807, 2.05) is 0 Å². The SMILES string of the molecule is O=CCC(N=O)c1nccn1CC(F)(F)F. The maximum absolute atomic E-state index is 12.1. The molecular weight excluding hydrogens is 227 g/mol. The Labute approximate surface area is 88.2 Å². The van der Waals surface area contributed by atoms with Gasteiger partial charge in [-0.2, -0.15) is 18.1 Å². The van der Waals surface area contributed by atoms with E-state index in [9.17, 15) is 22.9 Å². The topological polar surface area (TPSA) is 64.3 Å². The van der Waals surface area contributed by atoms with Gasteiger partial charge in [-0.1, -0.05) is 5.18 Å². The Bertz CT molecular complexity index is 375. The summed E-state index contributed by atoms with van der Waals surface area (Å²) in [6.45, 7) is -1.26. The van der Waals surface area contributed by atoms with Crippen LogP contribution in [0.2, 0.25) is 0 Å².